The van der Waals surface area contributed by atoms with Crippen LogP contribution in [0.15, 0.2) is 0 Å². The molecular formula is C39H71N9O8. The number of rotatable bonds is 4. The van der Waals surface area contributed by atoms with Crippen molar-refractivity contribution in [3.8, 4) is 0 Å². The van der Waals surface area contributed by atoms with E-state index in [9.17, 15) is 38.4 Å². The molecule has 17 nitrogen and oxygen atoms in total. The maximum atomic E-state index is 13.9. The number of hydrogen-bond acceptors (Lipinski definition) is 9. The molecule has 10 N–H and O–H groups in total. The van der Waals surface area contributed by atoms with E-state index in [1.165, 1.54) is 20.8 Å². The van der Waals surface area contributed by atoms with Gasteiger partial charge in [-0.05, 0) is 68.2 Å². The Hall–Kier alpha value is -4.28. The smallest absolute Gasteiger partial charge is 0.243 e. The van der Waals surface area contributed by atoms with Gasteiger partial charge in [0.15, 0.2) is 0 Å². The SMILES string of the molecule is C[C@@H]1NC(=O)[C@@H](C(C)(C)C)NC(=O)[C@H](C)NC(=O)[C@@H](C(C)(C)C)NC(=O)[C@@H](CCCCN)NC(=O)[C@@H](C(C)(C)C)NC(=O)[C@H](C)NC(=O)[C@@H](C(C)(C)C)NC1=O. The fourth-order valence-corrected chi connectivity index (χ4v) is 5.85. The van der Waals surface area contributed by atoms with Crippen LogP contribution < -0.4 is 48.3 Å². The van der Waals surface area contributed by atoms with E-state index >= 15 is 0 Å². The van der Waals surface area contributed by atoms with E-state index in [0.29, 0.717) is 19.4 Å². The van der Waals surface area contributed by atoms with Crippen molar-refractivity contribution in [2.75, 3.05) is 6.54 Å². The normalized spacial score (nSPS) is 28.3. The Bertz CT molecular complexity index is 1430. The Morgan fingerprint density at radius 3 is 0.875 bits per heavy atom. The molecule has 0 radical (unpaired) electrons. The summed E-state index contributed by atoms with van der Waals surface area (Å²) in [6.45, 7) is 25.3. The number of carbonyl (C=O) groups excluding carboxylic acids is 8. The summed E-state index contributed by atoms with van der Waals surface area (Å²) in [5.74, 6) is -5.45. The van der Waals surface area contributed by atoms with Crippen LogP contribution in [0.5, 0.6) is 0 Å². The maximum absolute atomic E-state index is 13.9. The van der Waals surface area contributed by atoms with Crippen molar-refractivity contribution >= 4 is 47.3 Å². The summed E-state index contributed by atoms with van der Waals surface area (Å²) in [6, 6.07) is -9.31. The lowest BCUT2D eigenvalue weighted by atomic mass is 9.84. The Morgan fingerprint density at radius 1 is 0.375 bits per heavy atom. The minimum Gasteiger partial charge on any atom is -0.343 e. The molecule has 0 aliphatic carbocycles. The molecule has 8 amide bonds. The van der Waals surface area contributed by atoms with Gasteiger partial charge in [-0.15, -0.1) is 0 Å². The van der Waals surface area contributed by atoms with Crippen LogP contribution in [0.3, 0.4) is 0 Å². The van der Waals surface area contributed by atoms with E-state index in [1.807, 2.05) is 0 Å². The molecule has 0 aromatic carbocycles. The fourth-order valence-electron chi connectivity index (χ4n) is 5.85. The van der Waals surface area contributed by atoms with Gasteiger partial charge in [0.05, 0.1) is 0 Å². The Morgan fingerprint density at radius 2 is 0.625 bits per heavy atom. The van der Waals surface area contributed by atoms with Crippen LogP contribution in [-0.2, 0) is 38.4 Å². The first-order valence-corrected chi connectivity index (χ1v) is 19.5. The summed E-state index contributed by atoms with van der Waals surface area (Å²) in [7, 11) is 0. The first-order valence-electron chi connectivity index (χ1n) is 19.5. The number of unbranched alkanes of at least 4 members (excludes halogenated alkanes) is 1. The Labute approximate surface area is 333 Å². The van der Waals surface area contributed by atoms with Gasteiger partial charge in [0.1, 0.15) is 48.3 Å². The van der Waals surface area contributed by atoms with Crippen molar-refractivity contribution in [3.05, 3.63) is 0 Å². The second-order valence-corrected chi connectivity index (χ2v) is 19.3. The minimum absolute atomic E-state index is 0.165. The van der Waals surface area contributed by atoms with Gasteiger partial charge in [-0.2, -0.15) is 0 Å². The largest absolute Gasteiger partial charge is 0.343 e. The van der Waals surface area contributed by atoms with Gasteiger partial charge in [-0.3, -0.25) is 38.4 Å². The van der Waals surface area contributed by atoms with E-state index in [-0.39, 0.29) is 6.42 Å². The Kier molecular flexibility index (Phi) is 17.5. The zero-order chi connectivity index (χ0) is 43.7. The number of hydrogen-bond donors (Lipinski definition) is 9. The molecule has 0 saturated carbocycles. The van der Waals surface area contributed by atoms with Gasteiger partial charge in [0.25, 0.3) is 0 Å². The highest BCUT2D eigenvalue weighted by Crippen LogP contribution is 2.24. The molecule has 0 aromatic heterocycles. The fraction of sp³-hybridized carbons (Fsp3) is 0.795. The van der Waals surface area contributed by atoms with Crippen molar-refractivity contribution < 1.29 is 38.4 Å². The van der Waals surface area contributed by atoms with Crippen molar-refractivity contribution in [2.45, 2.75) is 171 Å². The number of nitrogens with two attached hydrogens (primary N) is 1. The highest BCUT2D eigenvalue weighted by Gasteiger charge is 2.41. The minimum atomic E-state index is -1.18. The van der Waals surface area contributed by atoms with Gasteiger partial charge < -0.3 is 48.3 Å². The zero-order valence-corrected chi connectivity index (χ0v) is 36.3. The van der Waals surface area contributed by atoms with E-state index < -0.39 is 117 Å². The molecule has 1 aliphatic heterocycles. The molecule has 320 valence electrons. The van der Waals surface area contributed by atoms with E-state index in [0.717, 1.165) is 0 Å². The number of nitrogens with one attached hydrogen (secondary N) is 8. The topological polar surface area (TPSA) is 259 Å². The summed E-state index contributed by atoms with van der Waals surface area (Å²) in [5, 5.41) is 21.5. The molecule has 1 rings (SSSR count). The van der Waals surface area contributed by atoms with Crippen LogP contribution in [0, 0.1) is 21.7 Å². The quantitative estimate of drug-likeness (QED) is 0.177. The van der Waals surface area contributed by atoms with Gasteiger partial charge in [0, 0.05) is 0 Å². The summed E-state index contributed by atoms with van der Waals surface area (Å²) in [6.07, 6.45) is 1.17. The van der Waals surface area contributed by atoms with Crippen LogP contribution >= 0.6 is 0 Å². The van der Waals surface area contributed by atoms with E-state index in [4.69, 9.17) is 5.73 Å². The molecule has 0 unspecified atom stereocenters. The van der Waals surface area contributed by atoms with Crippen LogP contribution in [0.4, 0.5) is 0 Å². The predicted octanol–water partition coefficient (Wildman–Crippen LogP) is 0.252. The third-order valence-corrected chi connectivity index (χ3v) is 9.50. The molecule has 1 saturated heterocycles. The maximum Gasteiger partial charge on any atom is 0.243 e. The van der Waals surface area contributed by atoms with Gasteiger partial charge in [-0.1, -0.05) is 83.1 Å². The summed E-state index contributed by atoms with van der Waals surface area (Å²) in [4.78, 5) is 110. The van der Waals surface area contributed by atoms with Crippen molar-refractivity contribution in [2.24, 2.45) is 27.4 Å². The van der Waals surface area contributed by atoms with Crippen LogP contribution in [0.25, 0.3) is 0 Å². The van der Waals surface area contributed by atoms with Crippen molar-refractivity contribution in [1.29, 1.82) is 0 Å². The highest BCUT2D eigenvalue weighted by atomic mass is 16.2. The highest BCUT2D eigenvalue weighted by molar-refractivity contribution is 5.99. The molecule has 0 bridgehead atoms. The first kappa shape index (κ1) is 49.7. The summed E-state index contributed by atoms with van der Waals surface area (Å²) in [5.41, 5.74) is 2.27. The summed E-state index contributed by atoms with van der Waals surface area (Å²) >= 11 is 0. The first-order chi connectivity index (χ1) is 25.3. The molecule has 1 fully saturated rings. The average molecular weight is 794 g/mol. The molecule has 0 spiro atoms. The third-order valence-electron chi connectivity index (χ3n) is 9.50. The van der Waals surface area contributed by atoms with E-state index in [1.54, 1.807) is 83.1 Å². The zero-order valence-electron chi connectivity index (χ0n) is 36.3. The number of carbonyl (C=O) groups is 8. The molecule has 1 heterocycles. The average Bonchev–Trinajstić information content (AvgIpc) is 3.03. The van der Waals surface area contributed by atoms with Gasteiger partial charge in [-0.25, -0.2) is 0 Å². The van der Waals surface area contributed by atoms with Gasteiger partial charge in [0.2, 0.25) is 47.3 Å². The lowest BCUT2D eigenvalue weighted by Crippen LogP contribution is -2.64. The predicted molar refractivity (Wildman–Crippen MR) is 213 cm³/mol. The molecular weight excluding hydrogens is 722 g/mol. The third kappa shape index (κ3) is 15.0. The monoisotopic (exact) mass is 794 g/mol. The molecule has 56 heavy (non-hydrogen) atoms. The van der Waals surface area contributed by atoms with Crippen LogP contribution in [0.2, 0.25) is 0 Å². The second kappa shape index (κ2) is 19.7. The van der Waals surface area contributed by atoms with Crippen molar-refractivity contribution in [3.63, 3.8) is 0 Å². The van der Waals surface area contributed by atoms with Gasteiger partial charge >= 0.3 is 0 Å². The second-order valence-electron chi connectivity index (χ2n) is 19.3. The number of amides is 8. The molecule has 17 heteroatoms. The Balaban J connectivity index is 3.81. The van der Waals surface area contributed by atoms with Crippen LogP contribution in [-0.4, -0.2) is 102 Å². The van der Waals surface area contributed by atoms with E-state index in [2.05, 4.69) is 42.5 Å². The lowest BCUT2D eigenvalue weighted by molar-refractivity contribution is -0.139. The molecule has 0 aromatic rings. The van der Waals surface area contributed by atoms with Crippen LogP contribution in [0.1, 0.15) is 123 Å². The lowest BCUT2D eigenvalue weighted by Gasteiger charge is -2.35. The molecule has 8 atom stereocenters. The standard InChI is InChI=1S/C39H71N9O8/c1-20-28(49)45-25(37(7,8)9)33(54)42-22(3)30(51)47-27(39(13,14)15)35(56)44-23(18-16-17-19-40)31(52)48-26(38(10,11)12)34(55)43-21(2)29(50)46-24(32(53)41-20)36(4,5)6/h20-27H,16-19,40H2,1-15H3,(H,41,53)(H,42,54)(H,43,55)(H,44,56)(H,45,49)(H,46,50)(H,47,51)(H,48,52)/t20-,21-,22-,23+,24-,25-,26-,27-/m0/s1. The molecule has 1 aliphatic rings. The van der Waals surface area contributed by atoms with Crippen molar-refractivity contribution in [1.82, 2.24) is 42.5 Å². The summed E-state index contributed by atoms with van der Waals surface area (Å²) < 4.78 is 0.